The van der Waals surface area contributed by atoms with Gasteiger partial charge in [0.1, 0.15) is 18.1 Å². The van der Waals surface area contributed by atoms with Gasteiger partial charge in [-0.15, -0.1) is 0 Å². The van der Waals surface area contributed by atoms with E-state index in [9.17, 15) is 17.6 Å². The van der Waals surface area contributed by atoms with Crippen molar-refractivity contribution in [1.29, 1.82) is 0 Å². The van der Waals surface area contributed by atoms with Crippen LogP contribution in [0.1, 0.15) is 0 Å². The lowest BCUT2D eigenvalue weighted by Crippen LogP contribution is -2.38. The summed E-state index contributed by atoms with van der Waals surface area (Å²) < 4.78 is 43.5. The van der Waals surface area contributed by atoms with Crippen LogP contribution in [0.3, 0.4) is 0 Å². The maximum absolute atomic E-state index is 13.9. The molecule has 0 saturated carbocycles. The minimum Gasteiger partial charge on any atom is -0.497 e. The molecule has 0 unspecified atom stereocenters. The van der Waals surface area contributed by atoms with E-state index in [1.165, 1.54) is 25.3 Å². The van der Waals surface area contributed by atoms with Gasteiger partial charge in [-0.1, -0.05) is 18.2 Å². The van der Waals surface area contributed by atoms with E-state index >= 15 is 0 Å². The van der Waals surface area contributed by atoms with Gasteiger partial charge in [-0.05, 0) is 24.3 Å². The Labute approximate surface area is 139 Å². The molecule has 0 bridgehead atoms. The molecule has 1 N–H and O–H groups in total. The molecular formula is C16H17FN2O4S. The lowest BCUT2D eigenvalue weighted by molar-refractivity contribution is -0.114. The summed E-state index contributed by atoms with van der Waals surface area (Å²) in [4.78, 5) is 12.2. The number of hydrogen-bond donors (Lipinski definition) is 1. The fourth-order valence-electron chi connectivity index (χ4n) is 2.07. The van der Waals surface area contributed by atoms with Gasteiger partial charge in [0.25, 0.3) is 0 Å². The van der Waals surface area contributed by atoms with E-state index in [0.29, 0.717) is 11.4 Å². The van der Waals surface area contributed by atoms with Crippen LogP contribution in [0.2, 0.25) is 0 Å². The number of ether oxygens (including phenoxy) is 1. The average molecular weight is 352 g/mol. The topological polar surface area (TPSA) is 75.7 Å². The first-order valence-electron chi connectivity index (χ1n) is 6.97. The van der Waals surface area contributed by atoms with Crippen molar-refractivity contribution < 1.29 is 22.3 Å². The number of benzene rings is 2. The van der Waals surface area contributed by atoms with Gasteiger partial charge in [-0.25, -0.2) is 12.8 Å². The number of sulfonamides is 1. The van der Waals surface area contributed by atoms with Crippen LogP contribution in [-0.4, -0.2) is 34.2 Å². The first-order chi connectivity index (χ1) is 11.3. The predicted octanol–water partition coefficient (Wildman–Crippen LogP) is 2.24. The zero-order chi connectivity index (χ0) is 17.7. The van der Waals surface area contributed by atoms with Crippen LogP contribution >= 0.6 is 0 Å². The fourth-order valence-corrected chi connectivity index (χ4v) is 2.92. The summed E-state index contributed by atoms with van der Waals surface area (Å²) in [5, 5.41) is 2.56. The molecule has 128 valence electrons. The van der Waals surface area contributed by atoms with E-state index in [1.54, 1.807) is 24.3 Å². The summed E-state index contributed by atoms with van der Waals surface area (Å²) in [7, 11) is -2.34. The number of halogens is 1. The lowest BCUT2D eigenvalue weighted by Gasteiger charge is -2.22. The Hall–Kier alpha value is -2.61. The molecule has 0 fully saturated rings. The van der Waals surface area contributed by atoms with E-state index in [0.717, 1.165) is 16.6 Å². The van der Waals surface area contributed by atoms with E-state index in [2.05, 4.69) is 5.32 Å². The third-order valence-corrected chi connectivity index (χ3v) is 4.29. The van der Waals surface area contributed by atoms with Gasteiger partial charge in [-0.3, -0.25) is 9.10 Å². The highest BCUT2D eigenvalue weighted by molar-refractivity contribution is 7.92. The van der Waals surface area contributed by atoms with Gasteiger partial charge in [0.2, 0.25) is 15.9 Å². The average Bonchev–Trinajstić information content (AvgIpc) is 2.52. The number of amides is 1. The summed E-state index contributed by atoms with van der Waals surface area (Å²) in [5.41, 5.74) is 0.266. The zero-order valence-electron chi connectivity index (χ0n) is 13.2. The number of anilines is 2. The van der Waals surface area contributed by atoms with Gasteiger partial charge in [0.15, 0.2) is 0 Å². The van der Waals surface area contributed by atoms with Crippen LogP contribution in [-0.2, 0) is 14.8 Å². The largest absolute Gasteiger partial charge is 0.497 e. The van der Waals surface area contributed by atoms with E-state index in [-0.39, 0.29) is 5.69 Å². The molecule has 2 rings (SSSR count). The van der Waals surface area contributed by atoms with Crippen molar-refractivity contribution in [2.75, 3.05) is 29.5 Å². The molecule has 0 aliphatic carbocycles. The molecule has 1 amide bonds. The van der Waals surface area contributed by atoms with E-state index in [1.807, 2.05) is 0 Å². The quantitative estimate of drug-likeness (QED) is 0.865. The van der Waals surface area contributed by atoms with Gasteiger partial charge >= 0.3 is 0 Å². The third-order valence-electron chi connectivity index (χ3n) is 3.16. The van der Waals surface area contributed by atoms with Gasteiger partial charge < -0.3 is 10.1 Å². The Morgan fingerprint density at radius 2 is 1.92 bits per heavy atom. The molecule has 0 spiro atoms. The monoisotopic (exact) mass is 352 g/mol. The van der Waals surface area contributed by atoms with Crippen molar-refractivity contribution in [3.05, 3.63) is 54.3 Å². The van der Waals surface area contributed by atoms with Crippen LogP contribution in [0.5, 0.6) is 5.75 Å². The summed E-state index contributed by atoms with van der Waals surface area (Å²) in [6.07, 6.45) is 0.915. The van der Waals surface area contributed by atoms with Crippen LogP contribution < -0.4 is 14.4 Å². The van der Waals surface area contributed by atoms with Crippen molar-refractivity contribution in [3.63, 3.8) is 0 Å². The Morgan fingerprint density at radius 3 is 2.54 bits per heavy atom. The molecule has 6 nitrogen and oxygen atoms in total. The third kappa shape index (κ3) is 4.45. The van der Waals surface area contributed by atoms with Crippen LogP contribution in [0.15, 0.2) is 48.5 Å². The molecule has 0 radical (unpaired) electrons. The number of para-hydroxylation sites is 1. The lowest BCUT2D eigenvalue weighted by atomic mass is 10.3. The molecule has 24 heavy (non-hydrogen) atoms. The SMILES string of the molecule is COc1cccc(NC(=O)CN(c2ccccc2F)S(C)(=O)=O)c1. The van der Waals surface area contributed by atoms with Crippen molar-refractivity contribution >= 4 is 27.3 Å². The molecule has 0 aliphatic rings. The second-order valence-electron chi connectivity index (χ2n) is 5.00. The van der Waals surface area contributed by atoms with Crippen molar-refractivity contribution in [2.45, 2.75) is 0 Å². The summed E-state index contributed by atoms with van der Waals surface area (Å²) in [6, 6.07) is 12.0. The highest BCUT2D eigenvalue weighted by Gasteiger charge is 2.23. The highest BCUT2D eigenvalue weighted by atomic mass is 32.2. The molecule has 0 saturated heterocycles. The minimum absolute atomic E-state index is 0.180. The van der Waals surface area contributed by atoms with Crippen LogP contribution in [0.4, 0.5) is 15.8 Å². The number of hydrogen-bond acceptors (Lipinski definition) is 4. The first-order valence-corrected chi connectivity index (χ1v) is 8.82. The van der Waals surface area contributed by atoms with Gasteiger partial charge in [-0.2, -0.15) is 0 Å². The Kier molecular flexibility index (Phi) is 5.40. The molecule has 2 aromatic carbocycles. The Balaban J connectivity index is 2.21. The highest BCUT2D eigenvalue weighted by Crippen LogP contribution is 2.22. The number of rotatable bonds is 6. The second-order valence-corrected chi connectivity index (χ2v) is 6.91. The zero-order valence-corrected chi connectivity index (χ0v) is 14.0. The minimum atomic E-state index is -3.83. The van der Waals surface area contributed by atoms with Gasteiger partial charge in [0.05, 0.1) is 19.1 Å². The van der Waals surface area contributed by atoms with Crippen molar-refractivity contribution in [2.24, 2.45) is 0 Å². The van der Waals surface area contributed by atoms with Crippen LogP contribution in [0.25, 0.3) is 0 Å². The Bertz CT molecular complexity index is 839. The smallest absolute Gasteiger partial charge is 0.245 e. The first kappa shape index (κ1) is 17.7. The molecule has 0 aromatic heterocycles. The molecule has 0 aliphatic heterocycles. The summed E-state index contributed by atoms with van der Waals surface area (Å²) >= 11 is 0. The maximum Gasteiger partial charge on any atom is 0.245 e. The molecular weight excluding hydrogens is 335 g/mol. The summed E-state index contributed by atoms with van der Waals surface area (Å²) in [6.45, 7) is -0.545. The number of nitrogens with one attached hydrogen (secondary N) is 1. The Morgan fingerprint density at radius 1 is 1.21 bits per heavy atom. The van der Waals surface area contributed by atoms with E-state index in [4.69, 9.17) is 4.74 Å². The number of carbonyl (C=O) groups is 1. The molecule has 8 heteroatoms. The molecule has 2 aromatic rings. The van der Waals surface area contributed by atoms with Gasteiger partial charge in [0, 0.05) is 11.8 Å². The standard InChI is InChI=1S/C16H17FN2O4S/c1-23-13-7-5-6-12(10-13)18-16(20)11-19(24(2,21)22)15-9-4-3-8-14(15)17/h3-10H,11H2,1-2H3,(H,18,20). The fraction of sp³-hybridized carbons (Fsp3) is 0.188. The van der Waals surface area contributed by atoms with Crippen molar-refractivity contribution in [1.82, 2.24) is 0 Å². The number of methoxy groups -OCH3 is 1. The summed E-state index contributed by atoms with van der Waals surface area (Å²) in [5.74, 6) is -0.782. The second kappa shape index (κ2) is 7.31. The molecule has 0 atom stereocenters. The number of nitrogens with zero attached hydrogens (tertiary/aromatic N) is 1. The van der Waals surface area contributed by atoms with Crippen LogP contribution in [0, 0.1) is 5.82 Å². The van der Waals surface area contributed by atoms with E-state index < -0.39 is 28.3 Å². The predicted molar refractivity (Wildman–Crippen MR) is 90.2 cm³/mol. The molecule has 0 heterocycles. The number of carbonyl (C=O) groups excluding carboxylic acids is 1. The maximum atomic E-state index is 13.9. The van der Waals surface area contributed by atoms with Crippen molar-refractivity contribution in [3.8, 4) is 5.75 Å². The normalized spacial score (nSPS) is 11.0.